The second-order valence-corrected chi connectivity index (χ2v) is 8.62. The molecule has 0 radical (unpaired) electrons. The Labute approximate surface area is 178 Å². The maximum Gasteiger partial charge on any atom is 0.407 e. The third kappa shape index (κ3) is 4.46. The van der Waals surface area contributed by atoms with E-state index in [9.17, 15) is 13.2 Å². The molecule has 7 heteroatoms. The Kier molecular flexibility index (Phi) is 5.56. The van der Waals surface area contributed by atoms with E-state index in [0.29, 0.717) is 23.5 Å². The summed E-state index contributed by atoms with van der Waals surface area (Å²) in [6, 6.07) is 8.46. The van der Waals surface area contributed by atoms with E-state index in [1.54, 1.807) is 19.2 Å². The Bertz CT molecular complexity index is 1210. The van der Waals surface area contributed by atoms with Crippen molar-refractivity contribution in [2.75, 3.05) is 0 Å². The van der Waals surface area contributed by atoms with Crippen LogP contribution in [0.5, 0.6) is 0 Å². The summed E-state index contributed by atoms with van der Waals surface area (Å²) in [5.41, 5.74) is 3.05. The minimum atomic E-state index is -4.41. The largest absolute Gasteiger partial charge is 0.456 e. The lowest BCUT2D eigenvalue weighted by atomic mass is 10.00. The molecule has 0 aliphatic carbocycles. The van der Waals surface area contributed by atoms with Crippen molar-refractivity contribution in [2.24, 2.45) is 5.92 Å². The number of imidazole rings is 1. The number of aromatic amines is 1. The van der Waals surface area contributed by atoms with Crippen LogP contribution >= 0.6 is 0 Å². The van der Waals surface area contributed by atoms with Crippen molar-refractivity contribution in [3.63, 3.8) is 0 Å². The lowest BCUT2D eigenvalue weighted by Gasteiger charge is -2.26. The molecule has 4 rings (SSSR count). The highest BCUT2D eigenvalue weighted by Crippen LogP contribution is 2.37. The normalized spacial score (nSPS) is 14.6. The first-order valence-electron chi connectivity index (χ1n) is 10.4. The molecule has 4 aromatic rings. The molecule has 0 bridgehead atoms. The van der Waals surface area contributed by atoms with Gasteiger partial charge in [0.15, 0.2) is 0 Å². The molecule has 2 aromatic carbocycles. The molecule has 2 heterocycles. The second kappa shape index (κ2) is 8.04. The Morgan fingerprint density at radius 1 is 1.03 bits per heavy atom. The van der Waals surface area contributed by atoms with Gasteiger partial charge in [-0.15, -0.1) is 0 Å². The number of nitrogens with zero attached hydrogens (tertiary/aromatic N) is 1. The first kappa shape index (κ1) is 21.4. The van der Waals surface area contributed by atoms with Crippen LogP contribution in [-0.2, 0) is 0 Å². The van der Waals surface area contributed by atoms with Crippen LogP contribution in [0.25, 0.3) is 33.2 Å². The molecular weight excluding hydrogens is 403 g/mol. The first-order valence-corrected chi connectivity index (χ1v) is 10.4. The van der Waals surface area contributed by atoms with Gasteiger partial charge in [0.05, 0.1) is 11.9 Å². The molecule has 0 saturated carbocycles. The summed E-state index contributed by atoms with van der Waals surface area (Å²) in [4.78, 5) is 7.42. The molecule has 164 valence electrons. The van der Waals surface area contributed by atoms with Crippen molar-refractivity contribution in [1.29, 1.82) is 0 Å². The molecule has 0 spiro atoms. The molecule has 2 N–H and O–H groups in total. The van der Waals surface area contributed by atoms with E-state index >= 15 is 0 Å². The third-order valence-corrected chi connectivity index (χ3v) is 5.45. The summed E-state index contributed by atoms with van der Waals surface area (Å²) < 4.78 is 47.4. The van der Waals surface area contributed by atoms with Crippen LogP contribution in [0.3, 0.4) is 0 Å². The number of hydrogen-bond donors (Lipinski definition) is 2. The second-order valence-electron chi connectivity index (χ2n) is 8.62. The van der Waals surface area contributed by atoms with Crippen LogP contribution in [0, 0.1) is 12.8 Å². The number of hydrogen-bond acceptors (Lipinski definition) is 3. The SMILES string of the molecule is Cc1ncc(-c2ccc3oc4cc(C(NC(C)CC(C)C)C(F)(F)F)ccc4c3c2)[nH]1. The number of halogens is 3. The summed E-state index contributed by atoms with van der Waals surface area (Å²) in [6.07, 6.45) is -1.99. The molecule has 31 heavy (non-hydrogen) atoms. The highest BCUT2D eigenvalue weighted by molar-refractivity contribution is 6.06. The average Bonchev–Trinajstić information content (AvgIpc) is 3.27. The van der Waals surface area contributed by atoms with Crippen LogP contribution < -0.4 is 5.32 Å². The van der Waals surface area contributed by atoms with Crippen molar-refractivity contribution in [1.82, 2.24) is 15.3 Å². The fraction of sp³-hybridized carbons (Fsp3) is 0.375. The molecule has 0 saturated heterocycles. The quantitative estimate of drug-likeness (QED) is 0.350. The van der Waals surface area contributed by atoms with Gasteiger partial charge in [-0.25, -0.2) is 4.98 Å². The number of rotatable bonds is 6. The monoisotopic (exact) mass is 429 g/mol. The zero-order valence-electron chi connectivity index (χ0n) is 18.0. The zero-order valence-corrected chi connectivity index (χ0v) is 18.0. The average molecular weight is 429 g/mol. The van der Waals surface area contributed by atoms with Gasteiger partial charge in [0, 0.05) is 22.4 Å². The summed E-state index contributed by atoms with van der Waals surface area (Å²) in [7, 11) is 0. The minimum absolute atomic E-state index is 0.152. The molecule has 2 unspecified atom stereocenters. The molecule has 0 aliphatic rings. The fourth-order valence-electron chi connectivity index (χ4n) is 4.15. The van der Waals surface area contributed by atoms with E-state index in [4.69, 9.17) is 4.42 Å². The summed E-state index contributed by atoms with van der Waals surface area (Å²) in [5, 5.41) is 4.40. The predicted molar refractivity (Wildman–Crippen MR) is 117 cm³/mol. The van der Waals surface area contributed by atoms with Gasteiger partial charge in [0.25, 0.3) is 0 Å². The van der Waals surface area contributed by atoms with Crippen molar-refractivity contribution in [3.05, 3.63) is 54.0 Å². The van der Waals surface area contributed by atoms with Crippen molar-refractivity contribution < 1.29 is 17.6 Å². The number of furan rings is 1. The van der Waals surface area contributed by atoms with Gasteiger partial charge >= 0.3 is 6.18 Å². The van der Waals surface area contributed by atoms with E-state index < -0.39 is 12.2 Å². The van der Waals surface area contributed by atoms with E-state index in [1.165, 1.54) is 12.1 Å². The van der Waals surface area contributed by atoms with Gasteiger partial charge < -0.3 is 9.40 Å². The molecular formula is C24H26F3N3O. The van der Waals surface area contributed by atoms with Crippen LogP contribution in [0.4, 0.5) is 13.2 Å². The number of nitrogens with one attached hydrogen (secondary N) is 2. The lowest BCUT2D eigenvalue weighted by Crippen LogP contribution is -2.39. The van der Waals surface area contributed by atoms with Crippen LogP contribution in [0.1, 0.15) is 44.6 Å². The number of benzene rings is 2. The Balaban J connectivity index is 1.73. The van der Waals surface area contributed by atoms with Gasteiger partial charge in [-0.1, -0.05) is 26.0 Å². The Hall–Kier alpha value is -2.80. The lowest BCUT2D eigenvalue weighted by molar-refractivity contribution is -0.159. The number of alkyl halides is 3. The van der Waals surface area contributed by atoms with Gasteiger partial charge in [0.1, 0.15) is 23.0 Å². The molecule has 0 fully saturated rings. The number of fused-ring (bicyclic) bond motifs is 3. The molecule has 0 amide bonds. The van der Waals surface area contributed by atoms with Gasteiger partial charge in [-0.2, -0.15) is 13.2 Å². The summed E-state index contributed by atoms with van der Waals surface area (Å²) in [6.45, 7) is 7.67. The Morgan fingerprint density at radius 2 is 1.81 bits per heavy atom. The highest BCUT2D eigenvalue weighted by atomic mass is 19.4. The standard InChI is InChI=1S/C24H26F3N3O/c1-13(2)9-14(3)29-23(24(25,26)27)17-5-7-18-19-10-16(20-12-28-15(4)30-20)6-8-21(19)31-22(18)11-17/h5-8,10-14,23,29H,9H2,1-4H3,(H,28,30). The summed E-state index contributed by atoms with van der Waals surface area (Å²) >= 11 is 0. The Morgan fingerprint density at radius 3 is 2.45 bits per heavy atom. The molecule has 4 nitrogen and oxygen atoms in total. The topological polar surface area (TPSA) is 53.9 Å². The molecule has 2 aromatic heterocycles. The van der Waals surface area contributed by atoms with E-state index in [0.717, 1.165) is 27.9 Å². The van der Waals surface area contributed by atoms with E-state index in [1.807, 2.05) is 39.0 Å². The van der Waals surface area contributed by atoms with Gasteiger partial charge in [-0.3, -0.25) is 5.32 Å². The van der Waals surface area contributed by atoms with Crippen LogP contribution in [0.2, 0.25) is 0 Å². The van der Waals surface area contributed by atoms with Crippen LogP contribution in [-0.4, -0.2) is 22.2 Å². The third-order valence-electron chi connectivity index (χ3n) is 5.45. The molecule has 0 aliphatic heterocycles. The van der Waals surface area contributed by atoms with Gasteiger partial charge in [-0.05, 0) is 56.0 Å². The molecule has 2 atom stereocenters. The van der Waals surface area contributed by atoms with Gasteiger partial charge in [0.2, 0.25) is 0 Å². The highest BCUT2D eigenvalue weighted by Gasteiger charge is 2.41. The maximum absolute atomic E-state index is 13.8. The minimum Gasteiger partial charge on any atom is -0.456 e. The smallest absolute Gasteiger partial charge is 0.407 e. The number of aryl methyl sites for hydroxylation is 1. The number of aromatic nitrogens is 2. The maximum atomic E-state index is 13.8. The fourth-order valence-corrected chi connectivity index (χ4v) is 4.15. The van der Waals surface area contributed by atoms with Crippen molar-refractivity contribution in [3.8, 4) is 11.3 Å². The van der Waals surface area contributed by atoms with Crippen molar-refractivity contribution >= 4 is 21.9 Å². The van der Waals surface area contributed by atoms with E-state index in [-0.39, 0.29) is 11.6 Å². The number of H-pyrrole nitrogens is 1. The first-order chi connectivity index (χ1) is 14.6. The van der Waals surface area contributed by atoms with Crippen LogP contribution in [0.15, 0.2) is 47.0 Å². The zero-order chi connectivity index (χ0) is 22.3. The summed E-state index contributed by atoms with van der Waals surface area (Å²) in [5.74, 6) is 1.12. The van der Waals surface area contributed by atoms with Crippen molar-refractivity contribution in [2.45, 2.75) is 52.4 Å². The van der Waals surface area contributed by atoms with E-state index in [2.05, 4.69) is 15.3 Å². The predicted octanol–water partition coefficient (Wildman–Crippen LogP) is 6.91.